The van der Waals surface area contributed by atoms with Gasteiger partial charge >= 0.3 is 5.97 Å². The molecule has 78 valence electrons. The summed E-state index contributed by atoms with van der Waals surface area (Å²) in [5.41, 5.74) is 0. The van der Waals surface area contributed by atoms with Crippen LogP contribution in [0.15, 0.2) is 6.20 Å². The maximum atomic E-state index is 10.8. The molecule has 1 heterocycles. The number of nitrogens with zero attached hydrogens (tertiary/aromatic N) is 1. The molecule has 5 nitrogen and oxygen atoms in total. The Labute approximate surface area is 85.3 Å². The molecule has 1 aromatic heterocycles. The molecule has 0 amide bonds. The minimum absolute atomic E-state index is 0.0676. The molecule has 1 aromatic rings. The second-order valence-corrected chi connectivity index (χ2v) is 3.55. The van der Waals surface area contributed by atoms with Crippen LogP contribution in [-0.2, 0) is 9.53 Å². The van der Waals surface area contributed by atoms with Crippen molar-refractivity contribution >= 4 is 17.3 Å². The van der Waals surface area contributed by atoms with E-state index in [1.54, 1.807) is 0 Å². The molecule has 1 rings (SSSR count). The lowest BCUT2D eigenvalue weighted by Crippen LogP contribution is -2.06. The highest BCUT2D eigenvalue weighted by Crippen LogP contribution is 2.27. The molecule has 0 spiro atoms. The van der Waals surface area contributed by atoms with Gasteiger partial charge in [0.15, 0.2) is 0 Å². The highest BCUT2D eigenvalue weighted by atomic mass is 32.1. The van der Waals surface area contributed by atoms with Crippen molar-refractivity contribution in [3.63, 3.8) is 0 Å². The first-order chi connectivity index (χ1) is 6.67. The number of hydrogen-bond acceptors (Lipinski definition) is 6. The Hall–Kier alpha value is -1.14. The molecular weight excluding hydrogens is 206 g/mol. The van der Waals surface area contributed by atoms with Gasteiger partial charge in [-0.2, -0.15) is 0 Å². The Morgan fingerprint density at radius 1 is 1.71 bits per heavy atom. The summed E-state index contributed by atoms with van der Waals surface area (Å²) in [6.07, 6.45) is 0.544. The van der Waals surface area contributed by atoms with Crippen LogP contribution in [0, 0.1) is 0 Å². The first kappa shape index (κ1) is 10.9. The predicted molar refractivity (Wildman–Crippen MR) is 50.3 cm³/mol. The largest absolute Gasteiger partial charge is 0.473 e. The van der Waals surface area contributed by atoms with Crippen LogP contribution in [-0.4, -0.2) is 30.3 Å². The van der Waals surface area contributed by atoms with E-state index in [4.69, 9.17) is 4.74 Å². The summed E-state index contributed by atoms with van der Waals surface area (Å²) in [7, 11) is 2.78. The quantitative estimate of drug-likeness (QED) is 0.754. The number of esters is 1. The number of carbonyl (C=O) groups is 1. The number of thiazole rings is 1. The Morgan fingerprint density at radius 2 is 2.43 bits per heavy atom. The smallest absolute Gasteiger partial charge is 0.308 e. The van der Waals surface area contributed by atoms with Gasteiger partial charge in [-0.3, -0.25) is 4.79 Å². The van der Waals surface area contributed by atoms with Gasteiger partial charge in [0.1, 0.15) is 6.10 Å². The first-order valence-electron chi connectivity index (χ1n) is 3.92. The Morgan fingerprint density at radius 3 is 2.93 bits per heavy atom. The number of rotatable bonds is 4. The van der Waals surface area contributed by atoms with Gasteiger partial charge in [-0.1, -0.05) is 11.3 Å². The molecule has 1 N–H and O–H groups in total. The standard InChI is InChI=1S/C8H11NO4S/c1-12-7(11)3-5(10)6-4-9-8(13-2)14-6/h4-5,10H,3H2,1-2H3. The van der Waals surface area contributed by atoms with Crippen molar-refractivity contribution in [2.24, 2.45) is 0 Å². The third kappa shape index (κ3) is 2.68. The van der Waals surface area contributed by atoms with Crippen LogP contribution in [0.4, 0.5) is 0 Å². The summed E-state index contributed by atoms with van der Waals surface area (Å²) in [5.74, 6) is -0.454. The van der Waals surface area contributed by atoms with Crippen LogP contribution >= 0.6 is 11.3 Å². The molecule has 1 unspecified atom stereocenters. The number of methoxy groups -OCH3 is 2. The number of carbonyl (C=O) groups excluding carboxylic acids is 1. The highest BCUT2D eigenvalue weighted by molar-refractivity contribution is 7.13. The van der Waals surface area contributed by atoms with Crippen LogP contribution in [0.25, 0.3) is 0 Å². The van der Waals surface area contributed by atoms with E-state index in [9.17, 15) is 9.90 Å². The fourth-order valence-corrected chi connectivity index (χ4v) is 1.58. The van der Waals surface area contributed by atoms with E-state index in [0.29, 0.717) is 10.1 Å². The lowest BCUT2D eigenvalue weighted by atomic mass is 10.2. The van der Waals surface area contributed by atoms with Crippen LogP contribution in [0.3, 0.4) is 0 Å². The topological polar surface area (TPSA) is 68.7 Å². The third-order valence-electron chi connectivity index (χ3n) is 1.59. The molecule has 0 aliphatic rings. The van der Waals surface area contributed by atoms with E-state index in [0.717, 1.165) is 0 Å². The van der Waals surface area contributed by atoms with Crippen molar-refractivity contribution in [3.05, 3.63) is 11.1 Å². The predicted octanol–water partition coefficient (Wildman–Crippen LogP) is 0.748. The molecule has 6 heteroatoms. The van der Waals surface area contributed by atoms with Gasteiger partial charge in [0.2, 0.25) is 0 Å². The molecular formula is C8H11NO4S. The van der Waals surface area contributed by atoms with Crippen LogP contribution in [0.5, 0.6) is 5.19 Å². The summed E-state index contributed by atoms with van der Waals surface area (Å²) in [5, 5.41) is 10.0. The Bertz CT molecular complexity index is 312. The van der Waals surface area contributed by atoms with E-state index in [2.05, 4.69) is 9.72 Å². The summed E-state index contributed by atoms with van der Waals surface area (Å²) >= 11 is 1.20. The minimum atomic E-state index is -0.871. The van der Waals surface area contributed by atoms with E-state index >= 15 is 0 Å². The van der Waals surface area contributed by atoms with Crippen molar-refractivity contribution in [2.45, 2.75) is 12.5 Å². The van der Waals surface area contributed by atoms with Gasteiger partial charge in [-0.15, -0.1) is 0 Å². The van der Waals surface area contributed by atoms with E-state index in [1.807, 2.05) is 0 Å². The second-order valence-electron chi connectivity index (χ2n) is 2.53. The third-order valence-corrected chi connectivity index (χ3v) is 2.65. The molecule has 0 radical (unpaired) electrons. The minimum Gasteiger partial charge on any atom is -0.473 e. The van der Waals surface area contributed by atoms with E-state index < -0.39 is 12.1 Å². The zero-order valence-electron chi connectivity index (χ0n) is 7.89. The normalized spacial score (nSPS) is 12.2. The zero-order valence-corrected chi connectivity index (χ0v) is 8.71. The molecule has 0 saturated heterocycles. The van der Waals surface area contributed by atoms with Crippen LogP contribution in [0.2, 0.25) is 0 Å². The van der Waals surface area contributed by atoms with Crippen molar-refractivity contribution in [1.29, 1.82) is 0 Å². The number of hydrogen-bond donors (Lipinski definition) is 1. The average molecular weight is 217 g/mol. The highest BCUT2D eigenvalue weighted by Gasteiger charge is 2.16. The molecule has 0 aromatic carbocycles. The van der Waals surface area contributed by atoms with Gasteiger partial charge in [0.25, 0.3) is 5.19 Å². The Kier molecular flexibility index (Phi) is 3.84. The number of aliphatic hydroxyl groups is 1. The first-order valence-corrected chi connectivity index (χ1v) is 4.73. The lowest BCUT2D eigenvalue weighted by Gasteiger charge is -2.04. The lowest BCUT2D eigenvalue weighted by molar-refractivity contribution is -0.142. The number of ether oxygens (including phenoxy) is 2. The van der Waals surface area contributed by atoms with E-state index in [-0.39, 0.29) is 6.42 Å². The SMILES string of the molecule is COC(=O)CC(O)c1cnc(OC)s1. The van der Waals surface area contributed by atoms with Gasteiger partial charge in [-0.05, 0) is 0 Å². The molecule has 0 aliphatic heterocycles. The second kappa shape index (κ2) is 4.92. The van der Waals surface area contributed by atoms with Crippen molar-refractivity contribution in [3.8, 4) is 5.19 Å². The monoisotopic (exact) mass is 217 g/mol. The van der Waals surface area contributed by atoms with Crippen LogP contribution in [0.1, 0.15) is 17.4 Å². The Balaban J connectivity index is 2.60. The fourth-order valence-electron chi connectivity index (χ4n) is 0.860. The molecule has 0 bridgehead atoms. The molecule has 0 aliphatic carbocycles. The van der Waals surface area contributed by atoms with Crippen LogP contribution < -0.4 is 4.74 Å². The van der Waals surface area contributed by atoms with E-state index in [1.165, 1.54) is 31.8 Å². The van der Waals surface area contributed by atoms with Gasteiger partial charge in [0, 0.05) is 6.20 Å². The number of aromatic nitrogens is 1. The van der Waals surface area contributed by atoms with Gasteiger partial charge < -0.3 is 14.6 Å². The average Bonchev–Trinajstić information content (AvgIpc) is 2.65. The molecule has 0 saturated carbocycles. The van der Waals surface area contributed by atoms with Crippen molar-refractivity contribution in [2.75, 3.05) is 14.2 Å². The maximum absolute atomic E-state index is 10.8. The van der Waals surface area contributed by atoms with Gasteiger partial charge in [0.05, 0.1) is 25.5 Å². The fraction of sp³-hybridized carbons (Fsp3) is 0.500. The molecule has 14 heavy (non-hydrogen) atoms. The van der Waals surface area contributed by atoms with Crippen molar-refractivity contribution in [1.82, 2.24) is 4.98 Å². The summed E-state index contributed by atoms with van der Waals surface area (Å²) in [6, 6.07) is 0. The summed E-state index contributed by atoms with van der Waals surface area (Å²) in [4.78, 5) is 15.3. The summed E-state index contributed by atoms with van der Waals surface area (Å²) in [6.45, 7) is 0. The zero-order chi connectivity index (χ0) is 10.6. The molecule has 1 atom stereocenters. The molecule has 0 fully saturated rings. The summed E-state index contributed by atoms with van der Waals surface area (Å²) < 4.78 is 9.29. The maximum Gasteiger partial charge on any atom is 0.308 e. The van der Waals surface area contributed by atoms with Crippen molar-refractivity contribution < 1.29 is 19.4 Å². The number of aliphatic hydroxyl groups excluding tert-OH is 1. The van der Waals surface area contributed by atoms with Gasteiger partial charge in [-0.25, -0.2) is 4.98 Å².